The Labute approximate surface area is 91.2 Å². The molecule has 0 radical (unpaired) electrons. The Morgan fingerprint density at radius 2 is 1.73 bits per heavy atom. The van der Waals surface area contributed by atoms with Gasteiger partial charge in [0, 0.05) is 12.8 Å². The van der Waals surface area contributed by atoms with Gasteiger partial charge in [0.05, 0.1) is 12.0 Å². The van der Waals surface area contributed by atoms with E-state index < -0.39 is 0 Å². The number of hydrogen-bond acceptors (Lipinski definition) is 3. The van der Waals surface area contributed by atoms with Gasteiger partial charge in [-0.2, -0.15) is 0 Å². The number of ether oxygens (including phenoxy) is 1. The van der Waals surface area contributed by atoms with Crippen molar-refractivity contribution in [3.05, 3.63) is 0 Å². The highest BCUT2D eigenvalue weighted by Gasteiger charge is 2.38. The van der Waals surface area contributed by atoms with Crippen LogP contribution in [-0.4, -0.2) is 17.9 Å². The molecule has 0 bridgehead atoms. The average molecular weight is 212 g/mol. The minimum absolute atomic E-state index is 0.0745. The van der Waals surface area contributed by atoms with Crippen LogP contribution >= 0.6 is 0 Å². The first-order valence-electron chi connectivity index (χ1n) is 5.64. The Hall–Kier alpha value is -0.860. The van der Waals surface area contributed by atoms with E-state index >= 15 is 0 Å². The van der Waals surface area contributed by atoms with E-state index in [1.807, 2.05) is 27.7 Å². The largest absolute Gasteiger partial charge is 0.463 e. The number of carbonyl (C=O) groups is 2. The summed E-state index contributed by atoms with van der Waals surface area (Å²) in [6.45, 7) is 7.61. The molecule has 1 rings (SSSR count). The van der Waals surface area contributed by atoms with E-state index in [1.54, 1.807) is 0 Å². The highest BCUT2D eigenvalue weighted by molar-refractivity contribution is 5.83. The number of rotatable bonds is 2. The summed E-state index contributed by atoms with van der Waals surface area (Å²) in [6.07, 6.45) is 0.958. The first kappa shape index (κ1) is 12.2. The highest BCUT2D eigenvalue weighted by Crippen LogP contribution is 2.33. The Balaban J connectivity index is 2.66. The summed E-state index contributed by atoms with van der Waals surface area (Å²) >= 11 is 0. The number of Topliss-reactive ketones (excluding diaryl/α,β-unsaturated/α-hetero) is 1. The molecular weight excluding hydrogens is 192 g/mol. The second-order valence-corrected chi connectivity index (χ2v) is 4.91. The van der Waals surface area contributed by atoms with E-state index in [4.69, 9.17) is 4.74 Å². The predicted molar refractivity (Wildman–Crippen MR) is 57.3 cm³/mol. The first-order valence-corrected chi connectivity index (χ1v) is 5.64. The smallest absolute Gasteiger partial charge is 0.309 e. The summed E-state index contributed by atoms with van der Waals surface area (Å²) in [5.74, 6) is 0.256. The summed E-state index contributed by atoms with van der Waals surface area (Å²) in [5, 5.41) is 0. The molecule has 3 heteroatoms. The van der Waals surface area contributed by atoms with Gasteiger partial charge in [0.1, 0.15) is 5.78 Å². The van der Waals surface area contributed by atoms with E-state index in [0.717, 1.165) is 0 Å². The molecule has 15 heavy (non-hydrogen) atoms. The van der Waals surface area contributed by atoms with Gasteiger partial charge in [-0.1, -0.05) is 13.8 Å². The van der Waals surface area contributed by atoms with Gasteiger partial charge in [-0.05, 0) is 25.7 Å². The van der Waals surface area contributed by atoms with Gasteiger partial charge >= 0.3 is 5.97 Å². The molecule has 1 saturated carbocycles. The molecule has 0 saturated heterocycles. The van der Waals surface area contributed by atoms with Gasteiger partial charge in [0.25, 0.3) is 0 Å². The third kappa shape index (κ3) is 3.05. The van der Waals surface area contributed by atoms with Crippen molar-refractivity contribution in [1.29, 1.82) is 0 Å². The summed E-state index contributed by atoms with van der Waals surface area (Å²) in [4.78, 5) is 23.1. The van der Waals surface area contributed by atoms with Gasteiger partial charge in [0.15, 0.2) is 0 Å². The summed E-state index contributed by atoms with van der Waals surface area (Å²) in [6, 6.07) is 0. The number of ketones is 1. The molecule has 86 valence electrons. The molecule has 1 aliphatic rings. The quantitative estimate of drug-likeness (QED) is 0.659. The van der Waals surface area contributed by atoms with E-state index in [0.29, 0.717) is 12.8 Å². The van der Waals surface area contributed by atoms with Crippen LogP contribution in [0.25, 0.3) is 0 Å². The molecule has 0 amide bonds. The zero-order chi connectivity index (χ0) is 11.6. The topological polar surface area (TPSA) is 43.4 Å². The molecule has 2 atom stereocenters. The van der Waals surface area contributed by atoms with Crippen molar-refractivity contribution in [2.45, 2.75) is 46.6 Å². The van der Waals surface area contributed by atoms with Crippen LogP contribution in [0, 0.1) is 17.8 Å². The summed E-state index contributed by atoms with van der Waals surface area (Å²) in [5.41, 5.74) is 0. The van der Waals surface area contributed by atoms with Gasteiger partial charge in [-0.3, -0.25) is 9.59 Å². The SMILES string of the molecule is CC(C)OC(=O)C1[C@@H](C)CC(=O)C[C@@H]1C. The van der Waals surface area contributed by atoms with Crippen LogP contribution in [0.3, 0.4) is 0 Å². The molecule has 0 aromatic carbocycles. The zero-order valence-corrected chi connectivity index (χ0v) is 9.95. The minimum atomic E-state index is -0.141. The van der Waals surface area contributed by atoms with Crippen LogP contribution < -0.4 is 0 Å². The van der Waals surface area contributed by atoms with Gasteiger partial charge < -0.3 is 4.74 Å². The molecule has 0 aromatic rings. The monoisotopic (exact) mass is 212 g/mol. The van der Waals surface area contributed by atoms with Crippen molar-refractivity contribution in [2.24, 2.45) is 17.8 Å². The first-order chi connectivity index (χ1) is 6.91. The van der Waals surface area contributed by atoms with E-state index in [-0.39, 0.29) is 35.6 Å². The maximum absolute atomic E-state index is 11.8. The minimum Gasteiger partial charge on any atom is -0.463 e. The Kier molecular flexibility index (Phi) is 3.89. The van der Waals surface area contributed by atoms with Crippen molar-refractivity contribution in [2.75, 3.05) is 0 Å². The molecule has 0 heterocycles. The van der Waals surface area contributed by atoms with Gasteiger partial charge in [0.2, 0.25) is 0 Å². The number of carbonyl (C=O) groups excluding carboxylic acids is 2. The van der Waals surface area contributed by atoms with E-state index in [9.17, 15) is 9.59 Å². The second-order valence-electron chi connectivity index (χ2n) is 4.91. The molecule has 1 aliphatic carbocycles. The van der Waals surface area contributed by atoms with Crippen LogP contribution in [-0.2, 0) is 14.3 Å². The number of esters is 1. The molecule has 0 aromatic heterocycles. The van der Waals surface area contributed by atoms with Gasteiger partial charge in [-0.25, -0.2) is 0 Å². The van der Waals surface area contributed by atoms with Gasteiger partial charge in [-0.15, -0.1) is 0 Å². The maximum Gasteiger partial charge on any atom is 0.309 e. The molecule has 0 aliphatic heterocycles. The fourth-order valence-electron chi connectivity index (χ4n) is 2.39. The van der Waals surface area contributed by atoms with Crippen molar-refractivity contribution < 1.29 is 14.3 Å². The average Bonchev–Trinajstić information content (AvgIpc) is 1.99. The molecule has 0 spiro atoms. The van der Waals surface area contributed by atoms with Crippen LogP contribution in [0.15, 0.2) is 0 Å². The van der Waals surface area contributed by atoms with Crippen LogP contribution in [0.2, 0.25) is 0 Å². The number of hydrogen-bond donors (Lipinski definition) is 0. The lowest BCUT2D eigenvalue weighted by atomic mass is 9.73. The Morgan fingerprint density at radius 1 is 1.27 bits per heavy atom. The van der Waals surface area contributed by atoms with Crippen LogP contribution in [0.1, 0.15) is 40.5 Å². The molecule has 3 nitrogen and oxygen atoms in total. The summed E-state index contributed by atoms with van der Waals surface area (Å²) in [7, 11) is 0. The normalized spacial score (nSPS) is 28.2. The molecule has 0 unspecified atom stereocenters. The third-order valence-corrected chi connectivity index (χ3v) is 2.95. The van der Waals surface area contributed by atoms with E-state index in [2.05, 4.69) is 0 Å². The Morgan fingerprint density at radius 3 is 2.13 bits per heavy atom. The lowest BCUT2D eigenvalue weighted by Gasteiger charge is -2.32. The third-order valence-electron chi connectivity index (χ3n) is 2.95. The molecule has 0 N–H and O–H groups in total. The van der Waals surface area contributed by atoms with Crippen LogP contribution in [0.4, 0.5) is 0 Å². The lowest BCUT2D eigenvalue weighted by molar-refractivity contribution is -0.158. The summed E-state index contributed by atoms with van der Waals surface area (Å²) < 4.78 is 5.22. The fourth-order valence-corrected chi connectivity index (χ4v) is 2.39. The van der Waals surface area contributed by atoms with Crippen molar-refractivity contribution in [3.63, 3.8) is 0 Å². The predicted octanol–water partition coefficient (Wildman–Crippen LogP) is 2.19. The van der Waals surface area contributed by atoms with E-state index in [1.165, 1.54) is 0 Å². The fraction of sp³-hybridized carbons (Fsp3) is 0.833. The van der Waals surface area contributed by atoms with Crippen molar-refractivity contribution in [3.8, 4) is 0 Å². The molecule has 1 fully saturated rings. The highest BCUT2D eigenvalue weighted by atomic mass is 16.5. The standard InChI is InChI=1S/C12H20O3/c1-7(2)15-12(14)11-8(3)5-10(13)6-9(11)4/h7-9,11H,5-6H2,1-4H3/t8-,9-/m0/s1. The van der Waals surface area contributed by atoms with Crippen molar-refractivity contribution >= 4 is 11.8 Å². The Bertz CT molecular complexity index is 244. The van der Waals surface area contributed by atoms with Crippen molar-refractivity contribution in [1.82, 2.24) is 0 Å². The molecular formula is C12H20O3. The second kappa shape index (κ2) is 4.77. The lowest BCUT2D eigenvalue weighted by Crippen LogP contribution is -2.37. The van der Waals surface area contributed by atoms with Crippen LogP contribution in [0.5, 0.6) is 0 Å². The maximum atomic E-state index is 11.8. The zero-order valence-electron chi connectivity index (χ0n) is 9.95.